The Balaban J connectivity index is 2.33. The van der Waals surface area contributed by atoms with Crippen LogP contribution in [-0.2, 0) is 15.9 Å². The number of hydrogen-bond donors (Lipinski definition) is 0. The smallest absolute Gasteiger partial charge is 0.207 e. The van der Waals surface area contributed by atoms with Crippen LogP contribution in [0, 0.1) is 0 Å². The second-order valence-electron chi connectivity index (χ2n) is 4.94. The molecule has 0 saturated heterocycles. The van der Waals surface area contributed by atoms with Crippen molar-refractivity contribution in [2.45, 2.75) is 49.4 Å². The lowest BCUT2D eigenvalue weighted by Gasteiger charge is -2.22. The molecule has 3 nitrogen and oxygen atoms in total. The number of nitrogens with zero attached hydrogens (tertiary/aromatic N) is 1. The molecule has 0 spiro atoms. The van der Waals surface area contributed by atoms with E-state index in [1.54, 1.807) is 22.5 Å². The molecule has 5 heteroatoms. The van der Waals surface area contributed by atoms with Gasteiger partial charge < -0.3 is 0 Å². The van der Waals surface area contributed by atoms with Crippen molar-refractivity contribution in [2.75, 3.05) is 6.54 Å². The Morgan fingerprint density at radius 1 is 1.32 bits per heavy atom. The topological polar surface area (TPSA) is 37.4 Å². The number of hydrogen-bond acceptors (Lipinski definition) is 2. The van der Waals surface area contributed by atoms with Crippen molar-refractivity contribution in [3.05, 3.63) is 29.8 Å². The van der Waals surface area contributed by atoms with Gasteiger partial charge in [0.05, 0.1) is 4.90 Å². The van der Waals surface area contributed by atoms with Gasteiger partial charge in [0.2, 0.25) is 10.0 Å². The van der Waals surface area contributed by atoms with Gasteiger partial charge >= 0.3 is 0 Å². The van der Waals surface area contributed by atoms with Crippen molar-refractivity contribution >= 4 is 21.6 Å². The molecule has 1 aromatic carbocycles. The molecule has 0 aromatic heterocycles. The minimum atomic E-state index is -3.40. The molecule has 0 unspecified atom stereocenters. The Bertz CT molecular complexity index is 526. The van der Waals surface area contributed by atoms with Crippen LogP contribution in [0.5, 0.6) is 0 Å². The first-order valence-corrected chi connectivity index (χ1v) is 8.74. The van der Waals surface area contributed by atoms with Crippen LogP contribution in [0.1, 0.15) is 38.2 Å². The van der Waals surface area contributed by atoms with Gasteiger partial charge in [0.15, 0.2) is 0 Å². The molecule has 0 N–H and O–H groups in total. The fourth-order valence-corrected chi connectivity index (χ4v) is 4.43. The van der Waals surface area contributed by atoms with E-state index in [0.29, 0.717) is 17.0 Å². The van der Waals surface area contributed by atoms with E-state index < -0.39 is 10.0 Å². The maximum atomic E-state index is 12.8. The van der Waals surface area contributed by atoms with E-state index in [9.17, 15) is 8.42 Å². The molecule has 0 amide bonds. The van der Waals surface area contributed by atoms with E-state index in [2.05, 4.69) is 6.92 Å². The predicted molar refractivity (Wildman–Crippen MR) is 77.8 cm³/mol. The van der Waals surface area contributed by atoms with Crippen molar-refractivity contribution in [3.8, 4) is 0 Å². The van der Waals surface area contributed by atoms with Crippen LogP contribution >= 0.6 is 11.6 Å². The minimum Gasteiger partial charge on any atom is -0.207 e. The third-order valence-electron chi connectivity index (χ3n) is 3.39. The zero-order valence-corrected chi connectivity index (χ0v) is 12.8. The van der Waals surface area contributed by atoms with E-state index >= 15 is 0 Å². The molecule has 1 saturated carbocycles. The number of halogens is 1. The number of unbranched alkanes of at least 4 members (excludes halogenated alkanes) is 1. The molecule has 0 bridgehead atoms. The van der Waals surface area contributed by atoms with Crippen molar-refractivity contribution in [1.29, 1.82) is 0 Å². The number of benzene rings is 1. The summed E-state index contributed by atoms with van der Waals surface area (Å²) in [6.45, 7) is 2.69. The van der Waals surface area contributed by atoms with E-state index in [4.69, 9.17) is 11.6 Å². The maximum absolute atomic E-state index is 12.8. The summed E-state index contributed by atoms with van der Waals surface area (Å²) >= 11 is 5.86. The summed E-state index contributed by atoms with van der Waals surface area (Å²) in [7, 11) is -3.40. The van der Waals surface area contributed by atoms with E-state index in [1.165, 1.54) is 0 Å². The molecular formula is C14H20ClNO2S. The molecule has 0 heterocycles. The van der Waals surface area contributed by atoms with Gasteiger partial charge in [-0.1, -0.05) is 31.5 Å². The molecule has 19 heavy (non-hydrogen) atoms. The molecule has 1 aliphatic carbocycles. The first-order valence-electron chi connectivity index (χ1n) is 6.77. The van der Waals surface area contributed by atoms with Gasteiger partial charge in [0.25, 0.3) is 0 Å². The van der Waals surface area contributed by atoms with Gasteiger partial charge in [-0.2, -0.15) is 4.31 Å². The minimum absolute atomic E-state index is 0.194. The molecule has 1 fully saturated rings. The monoisotopic (exact) mass is 301 g/mol. The number of sulfonamides is 1. The summed E-state index contributed by atoms with van der Waals surface area (Å²) in [6.07, 6.45) is 3.85. The third kappa shape index (κ3) is 3.30. The van der Waals surface area contributed by atoms with Gasteiger partial charge in [0.1, 0.15) is 0 Å². The predicted octanol–water partition coefficient (Wildman–Crippen LogP) is 3.38. The number of alkyl halides is 1. The molecular weight excluding hydrogens is 282 g/mol. The molecule has 0 radical (unpaired) electrons. The summed E-state index contributed by atoms with van der Waals surface area (Å²) in [5.41, 5.74) is 0.686. The molecule has 2 rings (SSSR count). The van der Waals surface area contributed by atoms with Crippen molar-refractivity contribution in [1.82, 2.24) is 4.31 Å². The highest BCUT2D eigenvalue weighted by atomic mass is 35.5. The summed E-state index contributed by atoms with van der Waals surface area (Å²) < 4.78 is 27.2. The Hall–Kier alpha value is -0.580. The molecule has 1 aliphatic rings. The average Bonchev–Trinajstić information content (AvgIpc) is 3.23. The van der Waals surface area contributed by atoms with Crippen molar-refractivity contribution < 1.29 is 8.42 Å². The van der Waals surface area contributed by atoms with Crippen LogP contribution in [0.3, 0.4) is 0 Å². The molecule has 0 aliphatic heterocycles. The summed E-state index contributed by atoms with van der Waals surface area (Å²) in [4.78, 5) is 0.369. The maximum Gasteiger partial charge on any atom is 0.243 e. The van der Waals surface area contributed by atoms with E-state index in [-0.39, 0.29) is 11.9 Å². The van der Waals surface area contributed by atoms with Crippen LogP contribution in [-0.4, -0.2) is 25.3 Å². The lowest BCUT2D eigenvalue weighted by molar-refractivity contribution is 0.395. The van der Waals surface area contributed by atoms with Gasteiger partial charge in [-0.25, -0.2) is 8.42 Å². The van der Waals surface area contributed by atoms with E-state index in [0.717, 1.165) is 25.7 Å². The van der Waals surface area contributed by atoms with Gasteiger partial charge in [-0.05, 0) is 30.9 Å². The third-order valence-corrected chi connectivity index (χ3v) is 5.73. The highest BCUT2D eigenvalue weighted by molar-refractivity contribution is 7.89. The molecule has 0 atom stereocenters. The van der Waals surface area contributed by atoms with Crippen molar-refractivity contribution in [3.63, 3.8) is 0 Å². The zero-order chi connectivity index (χ0) is 13.9. The Labute approximate surface area is 120 Å². The van der Waals surface area contributed by atoms with Crippen LogP contribution < -0.4 is 0 Å². The summed E-state index contributed by atoms with van der Waals surface area (Å²) in [6, 6.07) is 7.22. The summed E-state index contributed by atoms with van der Waals surface area (Å²) in [5.74, 6) is 0.224. The normalized spacial score (nSPS) is 15.9. The highest BCUT2D eigenvalue weighted by Gasteiger charge is 2.38. The van der Waals surface area contributed by atoms with Crippen molar-refractivity contribution in [2.24, 2.45) is 0 Å². The van der Waals surface area contributed by atoms with Gasteiger partial charge in [-0.3, -0.25) is 0 Å². The zero-order valence-electron chi connectivity index (χ0n) is 11.2. The molecule has 106 valence electrons. The average molecular weight is 302 g/mol. The van der Waals surface area contributed by atoms with Crippen LogP contribution in [0.15, 0.2) is 29.2 Å². The standard InChI is InChI=1S/C14H20ClNO2S/c1-2-3-10-16(13-8-9-13)19(17,18)14-7-5-4-6-12(14)11-15/h4-7,13H,2-3,8-11H2,1H3. The van der Waals surface area contributed by atoms with E-state index in [1.807, 2.05) is 6.07 Å². The largest absolute Gasteiger partial charge is 0.243 e. The van der Waals surface area contributed by atoms with Crippen LogP contribution in [0.2, 0.25) is 0 Å². The highest BCUT2D eigenvalue weighted by Crippen LogP contribution is 2.33. The van der Waals surface area contributed by atoms with Gasteiger partial charge in [-0.15, -0.1) is 11.6 Å². The fraction of sp³-hybridized carbons (Fsp3) is 0.571. The lowest BCUT2D eigenvalue weighted by atomic mass is 10.2. The second kappa shape index (κ2) is 6.25. The number of rotatable bonds is 7. The fourth-order valence-electron chi connectivity index (χ4n) is 2.17. The Morgan fingerprint density at radius 2 is 2.00 bits per heavy atom. The molecule has 1 aromatic rings. The summed E-state index contributed by atoms with van der Waals surface area (Å²) in [5, 5.41) is 0. The Morgan fingerprint density at radius 3 is 2.58 bits per heavy atom. The first kappa shape index (κ1) is 14.8. The quantitative estimate of drug-likeness (QED) is 0.724. The lowest BCUT2D eigenvalue weighted by Crippen LogP contribution is -2.34. The SMILES string of the molecule is CCCCN(C1CC1)S(=O)(=O)c1ccccc1CCl. The Kier molecular flexibility index (Phi) is 4.87. The van der Waals surface area contributed by atoms with Gasteiger partial charge in [0, 0.05) is 18.5 Å². The van der Waals surface area contributed by atoms with Crippen LogP contribution in [0.25, 0.3) is 0 Å². The van der Waals surface area contributed by atoms with Crippen LogP contribution in [0.4, 0.5) is 0 Å². The second-order valence-corrected chi connectivity index (χ2v) is 7.07. The first-order chi connectivity index (χ1) is 9.11.